The number of anilines is 1. The Bertz CT molecular complexity index is 520. The molecule has 1 aliphatic rings. The molecule has 0 spiro atoms. The van der Waals surface area contributed by atoms with Crippen molar-refractivity contribution in [1.29, 1.82) is 0 Å². The van der Waals surface area contributed by atoms with Gasteiger partial charge in [-0.1, -0.05) is 32.8 Å². The molecule has 2 rings (SSSR count). The first kappa shape index (κ1) is 16.7. The van der Waals surface area contributed by atoms with Crippen molar-refractivity contribution in [2.45, 2.75) is 51.7 Å². The number of ether oxygens (including phenoxy) is 1. The molecular formula is C16H23FN2O3. The highest BCUT2D eigenvalue weighted by atomic mass is 19.1. The SMILES string of the molecule is CCC(CC)C1CC(Nc2cccc(F)c2[N+](=O)[O-])CCO1. The number of nitrogens with one attached hydrogen (secondary N) is 1. The van der Waals surface area contributed by atoms with Crippen molar-refractivity contribution in [2.24, 2.45) is 5.92 Å². The van der Waals surface area contributed by atoms with Crippen LogP contribution in [0.25, 0.3) is 0 Å². The third kappa shape index (κ3) is 3.74. The Balaban J connectivity index is 2.11. The van der Waals surface area contributed by atoms with Gasteiger partial charge in [0.25, 0.3) is 0 Å². The van der Waals surface area contributed by atoms with Crippen molar-refractivity contribution in [2.75, 3.05) is 11.9 Å². The first-order valence-electron chi connectivity index (χ1n) is 7.87. The van der Waals surface area contributed by atoms with Crippen LogP contribution in [0.5, 0.6) is 0 Å². The summed E-state index contributed by atoms with van der Waals surface area (Å²) in [4.78, 5) is 10.4. The number of nitro groups is 1. The standard InChI is InChI=1S/C16H23FN2O3/c1-3-11(4-2)15-10-12(8-9-22-15)18-14-7-5-6-13(17)16(14)19(20)21/h5-7,11-12,15,18H,3-4,8-10H2,1-2H3. The third-order valence-electron chi connectivity index (χ3n) is 4.42. The largest absolute Gasteiger partial charge is 0.378 e. The molecule has 0 aliphatic carbocycles. The number of nitrogens with zero attached hydrogens (tertiary/aromatic N) is 1. The van der Waals surface area contributed by atoms with E-state index in [-0.39, 0.29) is 17.8 Å². The molecule has 0 bridgehead atoms. The lowest BCUT2D eigenvalue weighted by Gasteiger charge is -2.34. The second kappa shape index (κ2) is 7.54. The summed E-state index contributed by atoms with van der Waals surface area (Å²) in [5, 5.41) is 14.2. The highest BCUT2D eigenvalue weighted by Gasteiger charge is 2.29. The van der Waals surface area contributed by atoms with Gasteiger partial charge in [-0.2, -0.15) is 4.39 Å². The Hall–Kier alpha value is -1.69. The zero-order valence-electron chi connectivity index (χ0n) is 13.0. The maximum absolute atomic E-state index is 13.7. The van der Waals surface area contributed by atoms with Gasteiger partial charge in [0.05, 0.1) is 11.0 Å². The van der Waals surface area contributed by atoms with Crippen LogP contribution in [0.1, 0.15) is 39.5 Å². The molecule has 5 nitrogen and oxygen atoms in total. The Kier molecular flexibility index (Phi) is 5.71. The minimum atomic E-state index is -0.807. The molecule has 0 radical (unpaired) electrons. The molecule has 1 aromatic carbocycles. The molecule has 22 heavy (non-hydrogen) atoms. The summed E-state index contributed by atoms with van der Waals surface area (Å²) in [6.45, 7) is 4.92. The predicted molar refractivity (Wildman–Crippen MR) is 83.5 cm³/mol. The van der Waals surface area contributed by atoms with Crippen LogP contribution in [0.15, 0.2) is 18.2 Å². The molecule has 1 N–H and O–H groups in total. The summed E-state index contributed by atoms with van der Waals surface area (Å²) < 4.78 is 19.5. The average Bonchev–Trinajstić information content (AvgIpc) is 2.48. The van der Waals surface area contributed by atoms with E-state index in [1.54, 1.807) is 6.07 Å². The summed E-state index contributed by atoms with van der Waals surface area (Å²) in [7, 11) is 0. The van der Waals surface area contributed by atoms with Gasteiger partial charge in [-0.3, -0.25) is 10.1 Å². The fourth-order valence-electron chi connectivity index (χ4n) is 3.14. The molecule has 0 aromatic heterocycles. The molecular weight excluding hydrogens is 287 g/mol. The van der Waals surface area contributed by atoms with Crippen molar-refractivity contribution in [3.05, 3.63) is 34.1 Å². The van der Waals surface area contributed by atoms with Crippen molar-refractivity contribution in [1.82, 2.24) is 0 Å². The van der Waals surface area contributed by atoms with Crippen molar-refractivity contribution in [3.8, 4) is 0 Å². The van der Waals surface area contributed by atoms with E-state index < -0.39 is 16.4 Å². The zero-order chi connectivity index (χ0) is 16.1. The fraction of sp³-hybridized carbons (Fsp3) is 0.625. The van der Waals surface area contributed by atoms with Crippen LogP contribution in [-0.4, -0.2) is 23.7 Å². The molecule has 0 amide bonds. The molecule has 1 aromatic rings. The van der Waals surface area contributed by atoms with Crippen LogP contribution in [-0.2, 0) is 4.74 Å². The number of para-hydroxylation sites is 1. The highest BCUT2D eigenvalue weighted by molar-refractivity contribution is 5.62. The van der Waals surface area contributed by atoms with Gasteiger partial charge in [-0.05, 0) is 30.9 Å². The van der Waals surface area contributed by atoms with Gasteiger partial charge in [0.2, 0.25) is 5.82 Å². The molecule has 1 heterocycles. The summed E-state index contributed by atoms with van der Waals surface area (Å²) in [6.07, 6.45) is 3.82. The summed E-state index contributed by atoms with van der Waals surface area (Å²) in [6, 6.07) is 4.23. The van der Waals surface area contributed by atoms with Gasteiger partial charge in [-0.15, -0.1) is 0 Å². The first-order valence-corrected chi connectivity index (χ1v) is 7.87. The van der Waals surface area contributed by atoms with Crippen molar-refractivity contribution >= 4 is 11.4 Å². The minimum absolute atomic E-state index is 0.0693. The normalized spacial score (nSPS) is 21.8. The lowest BCUT2D eigenvalue weighted by Crippen LogP contribution is -2.38. The van der Waals surface area contributed by atoms with Gasteiger partial charge in [-0.25, -0.2) is 0 Å². The van der Waals surface area contributed by atoms with E-state index in [4.69, 9.17) is 4.74 Å². The second-order valence-electron chi connectivity index (χ2n) is 5.74. The quantitative estimate of drug-likeness (QED) is 0.634. The van der Waals surface area contributed by atoms with Crippen molar-refractivity contribution < 1.29 is 14.1 Å². The van der Waals surface area contributed by atoms with Crippen LogP contribution in [0, 0.1) is 21.8 Å². The van der Waals surface area contributed by atoms with Crippen LogP contribution >= 0.6 is 0 Å². The molecule has 0 saturated carbocycles. The van der Waals surface area contributed by atoms with Crippen LogP contribution in [0.4, 0.5) is 15.8 Å². The molecule has 2 atom stereocenters. The van der Waals surface area contributed by atoms with Crippen LogP contribution < -0.4 is 5.32 Å². The summed E-state index contributed by atoms with van der Waals surface area (Å²) >= 11 is 0. The Morgan fingerprint density at radius 1 is 1.45 bits per heavy atom. The minimum Gasteiger partial charge on any atom is -0.378 e. The zero-order valence-corrected chi connectivity index (χ0v) is 13.0. The molecule has 122 valence electrons. The first-order chi connectivity index (χ1) is 10.6. The maximum atomic E-state index is 13.7. The third-order valence-corrected chi connectivity index (χ3v) is 4.42. The Labute approximate surface area is 130 Å². The van der Waals surface area contributed by atoms with E-state index in [1.807, 2.05) is 0 Å². The Morgan fingerprint density at radius 3 is 2.82 bits per heavy atom. The smallest absolute Gasteiger partial charge is 0.327 e. The van der Waals surface area contributed by atoms with Crippen molar-refractivity contribution in [3.63, 3.8) is 0 Å². The lowest BCUT2D eigenvalue weighted by molar-refractivity contribution is -0.386. The second-order valence-corrected chi connectivity index (χ2v) is 5.74. The van der Waals surface area contributed by atoms with Gasteiger partial charge in [0, 0.05) is 12.6 Å². The monoisotopic (exact) mass is 310 g/mol. The lowest BCUT2D eigenvalue weighted by atomic mass is 9.89. The number of halogens is 1. The molecule has 1 saturated heterocycles. The van der Waals surface area contributed by atoms with E-state index in [0.29, 0.717) is 12.5 Å². The molecule has 2 unspecified atom stereocenters. The summed E-state index contributed by atoms with van der Waals surface area (Å²) in [5.41, 5.74) is -0.228. The highest BCUT2D eigenvalue weighted by Crippen LogP contribution is 2.31. The van der Waals surface area contributed by atoms with E-state index in [2.05, 4.69) is 19.2 Å². The van der Waals surface area contributed by atoms with Gasteiger partial charge < -0.3 is 10.1 Å². The topological polar surface area (TPSA) is 64.4 Å². The number of benzene rings is 1. The van der Waals surface area contributed by atoms with Gasteiger partial charge in [0.15, 0.2) is 0 Å². The van der Waals surface area contributed by atoms with E-state index in [0.717, 1.165) is 31.7 Å². The molecule has 6 heteroatoms. The summed E-state index contributed by atoms with van der Waals surface area (Å²) in [5.74, 6) is -0.314. The van der Waals surface area contributed by atoms with E-state index >= 15 is 0 Å². The van der Waals surface area contributed by atoms with Crippen LogP contribution in [0.2, 0.25) is 0 Å². The average molecular weight is 310 g/mol. The molecule has 1 aliphatic heterocycles. The predicted octanol–water partition coefficient (Wildman–Crippen LogP) is 4.13. The maximum Gasteiger partial charge on any atom is 0.327 e. The van der Waals surface area contributed by atoms with E-state index in [9.17, 15) is 14.5 Å². The Morgan fingerprint density at radius 2 is 2.18 bits per heavy atom. The van der Waals surface area contributed by atoms with Gasteiger partial charge >= 0.3 is 5.69 Å². The number of rotatable bonds is 6. The van der Waals surface area contributed by atoms with Gasteiger partial charge in [0.1, 0.15) is 5.69 Å². The molecule has 1 fully saturated rings. The number of hydrogen-bond acceptors (Lipinski definition) is 4. The number of nitro benzene ring substituents is 1. The number of hydrogen-bond donors (Lipinski definition) is 1. The van der Waals surface area contributed by atoms with Crippen LogP contribution in [0.3, 0.4) is 0 Å². The van der Waals surface area contributed by atoms with E-state index in [1.165, 1.54) is 6.07 Å². The fourth-order valence-corrected chi connectivity index (χ4v) is 3.14.